The molecule has 1 atom stereocenters. The lowest BCUT2D eigenvalue weighted by Gasteiger charge is -2.23. The van der Waals surface area contributed by atoms with E-state index in [4.69, 9.17) is 4.74 Å². The van der Waals surface area contributed by atoms with E-state index in [2.05, 4.69) is 19.2 Å². The van der Waals surface area contributed by atoms with Crippen molar-refractivity contribution in [2.75, 3.05) is 24.2 Å². The molecule has 31 heavy (non-hydrogen) atoms. The van der Waals surface area contributed by atoms with Crippen molar-refractivity contribution in [3.63, 3.8) is 0 Å². The van der Waals surface area contributed by atoms with Gasteiger partial charge in [-0.25, -0.2) is 8.42 Å². The van der Waals surface area contributed by atoms with E-state index < -0.39 is 10.0 Å². The largest absolute Gasteiger partial charge is 0.497 e. The first-order valence-electron chi connectivity index (χ1n) is 10.8. The maximum absolute atomic E-state index is 12.5. The van der Waals surface area contributed by atoms with E-state index in [1.54, 1.807) is 55.6 Å². The molecular formula is C24H34N2O4S. The van der Waals surface area contributed by atoms with Gasteiger partial charge in [-0.2, -0.15) is 0 Å². The van der Waals surface area contributed by atoms with Gasteiger partial charge in [0.05, 0.1) is 25.6 Å². The Labute approximate surface area is 186 Å². The van der Waals surface area contributed by atoms with Crippen LogP contribution >= 0.6 is 0 Å². The van der Waals surface area contributed by atoms with Gasteiger partial charge in [0.15, 0.2) is 0 Å². The van der Waals surface area contributed by atoms with Gasteiger partial charge in [-0.3, -0.25) is 9.10 Å². The molecule has 6 nitrogen and oxygen atoms in total. The molecule has 2 rings (SSSR count). The van der Waals surface area contributed by atoms with Crippen LogP contribution in [-0.4, -0.2) is 34.2 Å². The number of benzene rings is 2. The molecule has 0 fully saturated rings. The van der Waals surface area contributed by atoms with Gasteiger partial charge in [0.1, 0.15) is 5.75 Å². The Bertz CT molecular complexity index is 942. The van der Waals surface area contributed by atoms with Crippen LogP contribution in [0.5, 0.6) is 5.75 Å². The Balaban J connectivity index is 2.07. The maximum Gasteiger partial charge on any atom is 0.251 e. The third-order valence-corrected chi connectivity index (χ3v) is 6.52. The molecule has 0 bridgehead atoms. The fourth-order valence-corrected chi connectivity index (χ4v) is 4.26. The van der Waals surface area contributed by atoms with Gasteiger partial charge in [-0.05, 0) is 42.2 Å². The van der Waals surface area contributed by atoms with Crippen molar-refractivity contribution in [3.05, 3.63) is 59.7 Å². The molecule has 0 aliphatic rings. The molecule has 170 valence electrons. The summed E-state index contributed by atoms with van der Waals surface area (Å²) in [6.07, 6.45) is 5.68. The summed E-state index contributed by atoms with van der Waals surface area (Å²) in [6, 6.07) is 14.0. The van der Waals surface area contributed by atoms with E-state index in [1.165, 1.54) is 17.0 Å². The summed E-state index contributed by atoms with van der Waals surface area (Å²) in [5.41, 5.74) is 1.89. The second kappa shape index (κ2) is 11.7. The zero-order valence-electron chi connectivity index (χ0n) is 18.9. The molecule has 0 radical (unpaired) electrons. The smallest absolute Gasteiger partial charge is 0.251 e. The molecule has 1 amide bonds. The van der Waals surface area contributed by atoms with Gasteiger partial charge < -0.3 is 10.1 Å². The zero-order valence-corrected chi connectivity index (χ0v) is 19.7. The Hall–Kier alpha value is -2.54. The number of sulfonamides is 1. The first kappa shape index (κ1) is 24.7. The predicted octanol–water partition coefficient (Wildman–Crippen LogP) is 4.61. The van der Waals surface area contributed by atoms with Crippen LogP contribution < -0.4 is 14.4 Å². The standard InChI is InChI=1S/C24H34N2O4S/c1-5-7-9-19(6-2)17-25-24(27)21-14-12-20(13-15-21)18-26(31(4,28)29)22-10-8-11-23(16-22)30-3/h8,10-16,19H,5-7,9,17-18H2,1-4H3,(H,25,27)/t19-/m0/s1. The van der Waals surface area contributed by atoms with Gasteiger partial charge in [-0.1, -0.05) is 51.3 Å². The SMILES string of the molecule is CCCC[C@H](CC)CNC(=O)c1ccc(CN(c2cccc(OC)c2)S(C)(=O)=O)cc1. The fraction of sp³-hybridized carbons (Fsp3) is 0.458. The average molecular weight is 447 g/mol. The van der Waals surface area contributed by atoms with E-state index in [1.807, 2.05) is 0 Å². The Morgan fingerprint density at radius 3 is 2.42 bits per heavy atom. The lowest BCUT2D eigenvalue weighted by atomic mass is 9.99. The van der Waals surface area contributed by atoms with Crippen molar-refractivity contribution < 1.29 is 17.9 Å². The number of nitrogens with one attached hydrogen (secondary N) is 1. The minimum Gasteiger partial charge on any atom is -0.497 e. The minimum atomic E-state index is -3.50. The van der Waals surface area contributed by atoms with Gasteiger partial charge in [0, 0.05) is 18.2 Å². The molecule has 0 spiro atoms. The van der Waals surface area contributed by atoms with Crippen molar-refractivity contribution in [3.8, 4) is 5.75 Å². The van der Waals surface area contributed by atoms with E-state index in [0.29, 0.717) is 29.5 Å². The topological polar surface area (TPSA) is 75.7 Å². The number of rotatable bonds is 12. The molecule has 0 aliphatic heterocycles. The van der Waals surface area contributed by atoms with Crippen LogP contribution in [0.25, 0.3) is 0 Å². The van der Waals surface area contributed by atoms with Crippen molar-refractivity contribution >= 4 is 21.6 Å². The number of carbonyl (C=O) groups excluding carboxylic acids is 1. The van der Waals surface area contributed by atoms with Gasteiger partial charge in [0.25, 0.3) is 5.91 Å². The molecule has 1 N–H and O–H groups in total. The number of carbonyl (C=O) groups is 1. The first-order chi connectivity index (χ1) is 14.8. The normalized spacial score (nSPS) is 12.3. The van der Waals surface area contributed by atoms with E-state index in [0.717, 1.165) is 24.8 Å². The number of nitrogens with zero attached hydrogens (tertiary/aromatic N) is 1. The van der Waals surface area contributed by atoms with Crippen LogP contribution in [-0.2, 0) is 16.6 Å². The minimum absolute atomic E-state index is 0.103. The van der Waals surface area contributed by atoms with Crippen molar-refractivity contribution in [2.24, 2.45) is 5.92 Å². The number of unbranched alkanes of at least 4 members (excludes halogenated alkanes) is 1. The monoisotopic (exact) mass is 446 g/mol. The summed E-state index contributed by atoms with van der Waals surface area (Å²) >= 11 is 0. The molecule has 2 aromatic rings. The summed E-state index contributed by atoms with van der Waals surface area (Å²) < 4.78 is 31.3. The fourth-order valence-electron chi connectivity index (χ4n) is 3.38. The second-order valence-corrected chi connectivity index (χ2v) is 9.70. The van der Waals surface area contributed by atoms with Crippen molar-refractivity contribution in [1.82, 2.24) is 5.32 Å². The molecule has 0 saturated carbocycles. The highest BCUT2D eigenvalue weighted by atomic mass is 32.2. The molecule has 0 heterocycles. The number of hydrogen-bond acceptors (Lipinski definition) is 4. The summed E-state index contributed by atoms with van der Waals surface area (Å²) in [5.74, 6) is 0.978. The molecule has 2 aromatic carbocycles. The van der Waals surface area contributed by atoms with Gasteiger partial charge in [-0.15, -0.1) is 0 Å². The molecule has 0 unspecified atom stereocenters. The van der Waals surface area contributed by atoms with Crippen molar-refractivity contribution in [2.45, 2.75) is 46.1 Å². The second-order valence-electron chi connectivity index (χ2n) is 7.79. The maximum atomic E-state index is 12.5. The molecular weight excluding hydrogens is 412 g/mol. The van der Waals surface area contributed by atoms with Crippen LogP contribution in [0.1, 0.15) is 55.5 Å². The molecule has 0 aliphatic carbocycles. The van der Waals surface area contributed by atoms with Crippen LogP contribution in [0.3, 0.4) is 0 Å². The number of anilines is 1. The summed E-state index contributed by atoms with van der Waals surface area (Å²) in [6.45, 7) is 5.17. The number of ether oxygens (including phenoxy) is 1. The summed E-state index contributed by atoms with van der Waals surface area (Å²) in [5, 5.41) is 3.02. The average Bonchev–Trinajstić information content (AvgIpc) is 2.77. The van der Waals surface area contributed by atoms with Crippen LogP contribution in [0, 0.1) is 5.92 Å². The number of methoxy groups -OCH3 is 1. The lowest BCUT2D eigenvalue weighted by molar-refractivity contribution is 0.0946. The highest BCUT2D eigenvalue weighted by molar-refractivity contribution is 7.92. The van der Waals surface area contributed by atoms with Crippen LogP contribution in [0.15, 0.2) is 48.5 Å². The van der Waals surface area contributed by atoms with E-state index in [9.17, 15) is 13.2 Å². The van der Waals surface area contributed by atoms with E-state index in [-0.39, 0.29) is 12.5 Å². The molecule has 0 aromatic heterocycles. The van der Waals surface area contributed by atoms with Crippen molar-refractivity contribution in [1.29, 1.82) is 0 Å². The van der Waals surface area contributed by atoms with Gasteiger partial charge >= 0.3 is 0 Å². The Morgan fingerprint density at radius 1 is 1.13 bits per heavy atom. The number of amides is 1. The first-order valence-corrected chi connectivity index (χ1v) is 12.6. The third kappa shape index (κ3) is 7.58. The van der Waals surface area contributed by atoms with E-state index >= 15 is 0 Å². The summed E-state index contributed by atoms with van der Waals surface area (Å²) in [4.78, 5) is 12.5. The third-order valence-electron chi connectivity index (χ3n) is 5.38. The Morgan fingerprint density at radius 2 is 1.84 bits per heavy atom. The zero-order chi connectivity index (χ0) is 22.9. The highest BCUT2D eigenvalue weighted by Crippen LogP contribution is 2.25. The summed E-state index contributed by atoms with van der Waals surface area (Å²) in [7, 11) is -1.96. The van der Waals surface area contributed by atoms with Crippen LogP contribution in [0.4, 0.5) is 5.69 Å². The lowest BCUT2D eigenvalue weighted by Crippen LogP contribution is -2.30. The highest BCUT2D eigenvalue weighted by Gasteiger charge is 2.19. The molecule has 7 heteroatoms. The van der Waals surface area contributed by atoms with Gasteiger partial charge in [0.2, 0.25) is 10.0 Å². The number of hydrogen-bond donors (Lipinski definition) is 1. The Kier molecular flexibility index (Phi) is 9.37. The molecule has 0 saturated heterocycles. The quantitative estimate of drug-likeness (QED) is 0.517. The predicted molar refractivity (Wildman–Crippen MR) is 126 cm³/mol. The van der Waals surface area contributed by atoms with Crippen LogP contribution in [0.2, 0.25) is 0 Å².